The van der Waals surface area contributed by atoms with Crippen molar-refractivity contribution in [3.63, 3.8) is 0 Å². The van der Waals surface area contributed by atoms with E-state index in [9.17, 15) is 0 Å². The van der Waals surface area contributed by atoms with Gasteiger partial charge in [-0.2, -0.15) is 0 Å². The number of imidazole rings is 1. The van der Waals surface area contributed by atoms with Gasteiger partial charge in [-0.15, -0.1) is 0 Å². The summed E-state index contributed by atoms with van der Waals surface area (Å²) < 4.78 is 11.1. The third-order valence-corrected chi connectivity index (χ3v) is 12.7. The summed E-state index contributed by atoms with van der Waals surface area (Å²) in [6.45, 7) is 20.4. The van der Waals surface area contributed by atoms with E-state index in [2.05, 4.69) is 215 Å². The molecular formula is C50H50BN5O. The van der Waals surface area contributed by atoms with Crippen molar-refractivity contribution in [1.29, 1.82) is 0 Å². The zero-order chi connectivity index (χ0) is 39.9. The number of hydrogen-bond donors (Lipinski definition) is 0. The zero-order valence-electron chi connectivity index (χ0n) is 34.5. The van der Waals surface area contributed by atoms with Crippen LogP contribution in [0.3, 0.4) is 0 Å². The molecule has 0 aliphatic carbocycles. The molecule has 0 fully saturated rings. The fourth-order valence-corrected chi connectivity index (χ4v) is 8.78. The summed E-state index contributed by atoms with van der Waals surface area (Å²) in [5.74, 6) is 2.40. The number of hydrogen-bond acceptors (Lipinski definition) is 4. The van der Waals surface area contributed by atoms with Gasteiger partial charge in [-0.05, 0) is 102 Å². The summed E-state index contributed by atoms with van der Waals surface area (Å²) >= 11 is 0. The van der Waals surface area contributed by atoms with Crippen molar-refractivity contribution in [2.24, 2.45) is 0 Å². The van der Waals surface area contributed by atoms with Crippen LogP contribution in [0.2, 0.25) is 0 Å². The van der Waals surface area contributed by atoms with E-state index in [1.54, 1.807) is 0 Å². The van der Waals surface area contributed by atoms with Gasteiger partial charge in [0, 0.05) is 29.6 Å². The average Bonchev–Trinajstić information content (AvgIpc) is 3.79. The molecule has 0 amide bonds. The highest BCUT2D eigenvalue weighted by Gasteiger charge is 2.47. The average molecular weight is 748 g/mol. The van der Waals surface area contributed by atoms with E-state index in [0.717, 1.165) is 40.1 Å². The van der Waals surface area contributed by atoms with Crippen LogP contribution in [0.1, 0.15) is 76.4 Å². The van der Waals surface area contributed by atoms with Gasteiger partial charge in [0.15, 0.2) is 0 Å². The lowest BCUT2D eigenvalue weighted by Gasteiger charge is -2.47. The second-order valence-electron chi connectivity index (χ2n) is 17.7. The molecule has 4 heterocycles. The minimum atomic E-state index is -0.183. The highest BCUT2D eigenvalue weighted by atomic mass is 16.5. The first-order valence-electron chi connectivity index (χ1n) is 20.0. The van der Waals surface area contributed by atoms with Gasteiger partial charge in [0.1, 0.15) is 17.3 Å². The Morgan fingerprint density at radius 3 is 2.11 bits per heavy atom. The first kappa shape index (κ1) is 36.6. The van der Waals surface area contributed by atoms with Gasteiger partial charge in [-0.3, -0.25) is 9.13 Å². The van der Waals surface area contributed by atoms with Crippen molar-refractivity contribution in [3.05, 3.63) is 174 Å². The Bertz CT molecular complexity index is 2630. The van der Waals surface area contributed by atoms with E-state index in [-0.39, 0.29) is 23.2 Å². The van der Waals surface area contributed by atoms with Crippen LogP contribution in [0.5, 0.6) is 11.5 Å². The molecule has 5 aromatic carbocycles. The van der Waals surface area contributed by atoms with Crippen molar-refractivity contribution in [2.75, 3.05) is 9.62 Å². The van der Waals surface area contributed by atoms with Crippen LogP contribution in [-0.4, -0.2) is 16.5 Å². The van der Waals surface area contributed by atoms with E-state index < -0.39 is 0 Å². The molecular weight excluding hydrogens is 697 g/mol. The van der Waals surface area contributed by atoms with Gasteiger partial charge in [-0.1, -0.05) is 120 Å². The summed E-state index contributed by atoms with van der Waals surface area (Å²) in [6.07, 6.45) is 7.85. The van der Waals surface area contributed by atoms with Crippen molar-refractivity contribution in [2.45, 2.75) is 78.6 Å². The van der Waals surface area contributed by atoms with Crippen LogP contribution in [0.15, 0.2) is 140 Å². The monoisotopic (exact) mass is 747 g/mol. The number of nitrogens with zero attached hydrogens (tertiary/aromatic N) is 5. The molecule has 6 nitrogen and oxygen atoms in total. The summed E-state index contributed by atoms with van der Waals surface area (Å²) in [6, 6.07) is 45.1. The minimum Gasteiger partial charge on any atom is -0.458 e. The molecule has 0 spiro atoms. The Kier molecular flexibility index (Phi) is 8.51. The molecule has 2 aliphatic heterocycles. The number of benzene rings is 5. The lowest BCUT2D eigenvalue weighted by atomic mass is 9.60. The predicted octanol–water partition coefficient (Wildman–Crippen LogP) is 10.9. The Hall–Kier alpha value is -6.08. The molecule has 0 bridgehead atoms. The van der Waals surface area contributed by atoms with Crippen LogP contribution in [0.25, 0.3) is 11.4 Å². The SMILES string of the molecule is Cc1cccc(C)c1B1N(c2ccccc2)c2ccc(Oc3cccc(-n4[c-][n+]5c(c4)C(C)(C)C(C)(C)c4ccccc4-5)c3)cc2N1c1cc(C(C)(C)C)ccn1. The molecule has 57 heavy (non-hydrogen) atoms. The van der Waals surface area contributed by atoms with Crippen LogP contribution < -0.4 is 24.4 Å². The molecule has 0 unspecified atom stereocenters. The number of anilines is 4. The predicted molar refractivity (Wildman–Crippen MR) is 234 cm³/mol. The Balaban J connectivity index is 1.15. The molecule has 284 valence electrons. The largest absolute Gasteiger partial charge is 0.458 e. The fraction of sp³-hybridized carbons (Fsp3) is 0.240. The maximum Gasteiger partial charge on any atom is 0.422 e. The van der Waals surface area contributed by atoms with E-state index in [4.69, 9.17) is 9.72 Å². The van der Waals surface area contributed by atoms with Crippen molar-refractivity contribution in [3.8, 4) is 22.9 Å². The smallest absolute Gasteiger partial charge is 0.422 e. The fourth-order valence-electron chi connectivity index (χ4n) is 8.78. The zero-order valence-corrected chi connectivity index (χ0v) is 34.5. The van der Waals surface area contributed by atoms with E-state index in [0.29, 0.717) is 0 Å². The van der Waals surface area contributed by atoms with Crippen molar-refractivity contribution >= 4 is 35.3 Å². The number of rotatable bonds is 6. The number of aromatic nitrogens is 3. The molecule has 0 radical (unpaired) electrons. The molecule has 0 N–H and O–H groups in total. The lowest BCUT2D eigenvalue weighted by Crippen LogP contribution is -2.55. The van der Waals surface area contributed by atoms with Crippen LogP contribution in [0.4, 0.5) is 22.9 Å². The van der Waals surface area contributed by atoms with Crippen LogP contribution in [-0.2, 0) is 16.2 Å². The van der Waals surface area contributed by atoms with E-state index in [1.807, 2.05) is 12.3 Å². The molecule has 0 atom stereocenters. The summed E-state index contributed by atoms with van der Waals surface area (Å²) in [5.41, 5.74) is 12.7. The van der Waals surface area contributed by atoms with Gasteiger partial charge in [-0.25, -0.2) is 4.98 Å². The highest BCUT2D eigenvalue weighted by molar-refractivity contribution is 6.85. The molecule has 9 rings (SSSR count). The number of aryl methyl sites for hydroxylation is 2. The van der Waals surface area contributed by atoms with Gasteiger partial charge in [0.2, 0.25) is 0 Å². The highest BCUT2D eigenvalue weighted by Crippen LogP contribution is 2.49. The topological polar surface area (TPSA) is 37.4 Å². The lowest BCUT2D eigenvalue weighted by molar-refractivity contribution is -0.617. The maximum atomic E-state index is 6.79. The molecule has 7 heteroatoms. The number of ether oxygens (including phenoxy) is 1. The summed E-state index contributed by atoms with van der Waals surface area (Å²) in [4.78, 5) is 9.91. The Morgan fingerprint density at radius 1 is 0.667 bits per heavy atom. The van der Waals surface area contributed by atoms with Gasteiger partial charge in [0.25, 0.3) is 6.33 Å². The maximum absolute atomic E-state index is 6.79. The van der Waals surface area contributed by atoms with E-state index in [1.165, 1.54) is 39.1 Å². The Morgan fingerprint density at radius 2 is 1.35 bits per heavy atom. The second kappa shape index (κ2) is 13.3. The third kappa shape index (κ3) is 5.94. The summed E-state index contributed by atoms with van der Waals surface area (Å²) in [7, 11) is 0. The quantitative estimate of drug-likeness (QED) is 0.0965. The second-order valence-corrected chi connectivity index (χ2v) is 17.7. The normalized spacial score (nSPS) is 15.3. The number of fused-ring (bicyclic) bond motifs is 4. The van der Waals surface area contributed by atoms with Crippen molar-refractivity contribution < 1.29 is 9.30 Å². The molecule has 2 aliphatic rings. The molecule has 7 aromatic rings. The summed E-state index contributed by atoms with van der Waals surface area (Å²) in [5, 5.41) is 0. The van der Waals surface area contributed by atoms with Gasteiger partial charge >= 0.3 is 6.98 Å². The van der Waals surface area contributed by atoms with Gasteiger partial charge in [0.05, 0.1) is 28.4 Å². The van der Waals surface area contributed by atoms with Crippen LogP contribution >= 0.6 is 0 Å². The molecule has 0 saturated carbocycles. The van der Waals surface area contributed by atoms with Gasteiger partial charge < -0.3 is 14.4 Å². The minimum absolute atomic E-state index is 0.0479. The van der Waals surface area contributed by atoms with Crippen molar-refractivity contribution in [1.82, 2.24) is 9.55 Å². The van der Waals surface area contributed by atoms with E-state index >= 15 is 0 Å². The Labute approximate surface area is 338 Å². The van der Waals surface area contributed by atoms with Crippen LogP contribution in [0, 0.1) is 20.2 Å². The standard InChI is InChI=1S/C50H50BN5O/c1-34-17-15-18-35(2)47(34)51-55(37-19-11-10-12-20-37)43-26-25-40(31-44(43)56(51)46-29-36(27-28-52-46)48(3,4)5)57-39-22-16-21-38(30-39)53-32-45-50(8,9)49(6,7)41-23-13-14-24-42(41)54(45)33-53/h10-32H,1-9H3. The third-order valence-electron chi connectivity index (χ3n) is 12.7. The number of para-hydroxylation sites is 2. The molecule has 0 saturated heterocycles. The first-order valence-corrected chi connectivity index (χ1v) is 20.0. The number of pyridine rings is 1. The first-order chi connectivity index (χ1) is 27.2. The molecule has 2 aromatic heterocycles.